The number of halogens is 1. The van der Waals surface area contributed by atoms with Crippen LogP contribution in [0, 0.1) is 5.82 Å². The Morgan fingerprint density at radius 3 is 2.43 bits per heavy atom. The van der Waals surface area contributed by atoms with Gasteiger partial charge in [0.1, 0.15) is 5.82 Å². The Hall–Kier alpha value is -3.32. The van der Waals surface area contributed by atoms with Crippen molar-refractivity contribution >= 4 is 39.8 Å². The summed E-state index contributed by atoms with van der Waals surface area (Å²) in [6.45, 7) is 0.357. The summed E-state index contributed by atoms with van der Waals surface area (Å²) in [6, 6.07) is 19.5. The van der Waals surface area contributed by atoms with E-state index in [4.69, 9.17) is 9.98 Å². The molecule has 3 aromatic rings. The fourth-order valence-corrected chi connectivity index (χ4v) is 3.72. The molecule has 1 N–H and O–H groups in total. The first-order chi connectivity index (χ1) is 14.7. The summed E-state index contributed by atoms with van der Waals surface area (Å²) in [6.07, 6.45) is 2.24. The van der Waals surface area contributed by atoms with Crippen LogP contribution in [0.5, 0.6) is 0 Å². The Balaban J connectivity index is 1.44. The second-order valence-corrected chi connectivity index (χ2v) is 7.68. The fraction of sp³-hybridized carbons (Fsp3) is 0.130. The van der Waals surface area contributed by atoms with Gasteiger partial charge in [0, 0.05) is 19.2 Å². The maximum Gasteiger partial charge on any atom is 0.230 e. The van der Waals surface area contributed by atoms with Crippen molar-refractivity contribution in [1.82, 2.24) is 10.3 Å². The van der Waals surface area contributed by atoms with Crippen molar-refractivity contribution in [3.05, 3.63) is 90.0 Å². The van der Waals surface area contributed by atoms with Crippen molar-refractivity contribution in [2.75, 3.05) is 5.75 Å². The second-order valence-electron chi connectivity index (χ2n) is 6.64. The molecule has 150 valence electrons. The molecule has 30 heavy (non-hydrogen) atoms. The molecule has 2 heterocycles. The van der Waals surface area contributed by atoms with Crippen LogP contribution in [-0.4, -0.2) is 27.4 Å². The molecule has 0 fully saturated rings. The molecule has 7 heteroatoms. The van der Waals surface area contributed by atoms with Crippen LogP contribution in [-0.2, 0) is 11.3 Å². The van der Waals surface area contributed by atoms with Gasteiger partial charge in [0.05, 0.1) is 33.6 Å². The monoisotopic (exact) mass is 418 g/mol. The molecule has 0 atom stereocenters. The topological polar surface area (TPSA) is 66.7 Å². The van der Waals surface area contributed by atoms with Gasteiger partial charge in [-0.3, -0.25) is 9.78 Å². The zero-order valence-electron chi connectivity index (χ0n) is 16.1. The summed E-state index contributed by atoms with van der Waals surface area (Å²) in [4.78, 5) is 26.2. The Morgan fingerprint density at radius 2 is 1.70 bits per heavy atom. The highest BCUT2D eigenvalue weighted by Gasteiger charge is 2.17. The van der Waals surface area contributed by atoms with Crippen LogP contribution in [0.3, 0.4) is 0 Å². The molecule has 2 aromatic carbocycles. The number of carbonyl (C=O) groups is 1. The number of thioether (sulfide) groups is 1. The third-order valence-electron chi connectivity index (χ3n) is 4.43. The number of aliphatic imine (C=N–C) groups is 2. The Bertz CT molecular complexity index is 1100. The average Bonchev–Trinajstić information content (AvgIpc) is 2.97. The largest absolute Gasteiger partial charge is 0.351 e. The number of amides is 1. The number of fused-ring (bicyclic) bond motifs is 1. The summed E-state index contributed by atoms with van der Waals surface area (Å²) >= 11 is 1.39. The van der Waals surface area contributed by atoms with E-state index in [-0.39, 0.29) is 17.5 Å². The van der Waals surface area contributed by atoms with Crippen molar-refractivity contribution in [2.45, 2.75) is 13.0 Å². The van der Waals surface area contributed by atoms with Gasteiger partial charge in [0.2, 0.25) is 5.91 Å². The molecule has 0 bridgehead atoms. The molecular formula is C23H19FN4OS. The van der Waals surface area contributed by atoms with Gasteiger partial charge in [0.25, 0.3) is 0 Å². The summed E-state index contributed by atoms with van der Waals surface area (Å²) in [7, 11) is 0. The van der Waals surface area contributed by atoms with E-state index in [9.17, 15) is 9.18 Å². The standard InChI is InChI=1S/C23H19FN4OS/c24-17-10-8-16(9-11-17)14-26-22(29)15-30-23-13-21(18-5-3-4-12-25-18)27-19-6-1-2-7-20(19)28-23/h1-12H,13-15H2,(H,26,29). The van der Waals surface area contributed by atoms with E-state index in [0.717, 1.165) is 33.4 Å². The van der Waals surface area contributed by atoms with Crippen LogP contribution >= 0.6 is 11.8 Å². The number of hydrogen-bond acceptors (Lipinski definition) is 5. The van der Waals surface area contributed by atoms with Crippen LogP contribution < -0.4 is 5.32 Å². The van der Waals surface area contributed by atoms with E-state index >= 15 is 0 Å². The van der Waals surface area contributed by atoms with E-state index in [0.29, 0.717) is 13.0 Å². The molecule has 1 aliphatic heterocycles. The molecule has 0 radical (unpaired) electrons. The number of para-hydroxylation sites is 2. The van der Waals surface area contributed by atoms with Crippen molar-refractivity contribution in [3.63, 3.8) is 0 Å². The van der Waals surface area contributed by atoms with Gasteiger partial charge in [0.15, 0.2) is 0 Å². The van der Waals surface area contributed by atoms with Crippen LogP contribution in [0.2, 0.25) is 0 Å². The van der Waals surface area contributed by atoms with E-state index in [2.05, 4.69) is 10.3 Å². The van der Waals surface area contributed by atoms with Gasteiger partial charge in [-0.25, -0.2) is 14.4 Å². The van der Waals surface area contributed by atoms with Crippen LogP contribution in [0.15, 0.2) is 82.9 Å². The minimum atomic E-state index is -0.294. The number of aromatic nitrogens is 1. The first-order valence-electron chi connectivity index (χ1n) is 9.47. The van der Waals surface area contributed by atoms with Crippen molar-refractivity contribution in [2.24, 2.45) is 9.98 Å². The van der Waals surface area contributed by atoms with Crippen molar-refractivity contribution in [3.8, 4) is 0 Å². The molecule has 0 saturated heterocycles. The molecule has 4 rings (SSSR count). The Morgan fingerprint density at radius 1 is 0.967 bits per heavy atom. The zero-order chi connectivity index (χ0) is 20.8. The summed E-state index contributed by atoms with van der Waals surface area (Å²) in [5.74, 6) is -0.170. The summed E-state index contributed by atoms with van der Waals surface area (Å²) in [5.41, 5.74) is 4.02. The molecule has 0 unspecified atom stereocenters. The lowest BCUT2D eigenvalue weighted by molar-refractivity contribution is -0.118. The highest BCUT2D eigenvalue weighted by atomic mass is 32.2. The van der Waals surface area contributed by atoms with Gasteiger partial charge in [-0.1, -0.05) is 30.3 Å². The lowest BCUT2D eigenvalue weighted by atomic mass is 10.2. The molecule has 1 aliphatic rings. The molecule has 0 spiro atoms. The van der Waals surface area contributed by atoms with Gasteiger partial charge >= 0.3 is 0 Å². The smallest absolute Gasteiger partial charge is 0.230 e. The Labute approximate surface area is 178 Å². The lowest BCUT2D eigenvalue weighted by Crippen LogP contribution is -2.25. The molecule has 0 aliphatic carbocycles. The molecule has 0 saturated carbocycles. The van der Waals surface area contributed by atoms with Gasteiger partial charge in [-0.05, 0) is 42.0 Å². The van der Waals surface area contributed by atoms with E-state index in [1.807, 2.05) is 42.5 Å². The number of nitrogens with one attached hydrogen (secondary N) is 1. The summed E-state index contributed by atoms with van der Waals surface area (Å²) in [5, 5.41) is 3.66. The molecular weight excluding hydrogens is 399 g/mol. The van der Waals surface area contributed by atoms with Crippen LogP contribution in [0.1, 0.15) is 17.7 Å². The second kappa shape index (κ2) is 9.45. The number of hydrogen-bond donors (Lipinski definition) is 1. The predicted molar refractivity (Wildman–Crippen MR) is 119 cm³/mol. The number of rotatable bonds is 5. The molecule has 1 amide bonds. The molecule has 1 aromatic heterocycles. The minimum absolute atomic E-state index is 0.110. The van der Waals surface area contributed by atoms with Gasteiger partial charge in [-0.2, -0.15) is 0 Å². The quantitative estimate of drug-likeness (QED) is 0.646. The highest BCUT2D eigenvalue weighted by Crippen LogP contribution is 2.33. The lowest BCUT2D eigenvalue weighted by Gasteiger charge is -2.08. The third kappa shape index (κ3) is 5.18. The maximum absolute atomic E-state index is 13.0. The summed E-state index contributed by atoms with van der Waals surface area (Å²) < 4.78 is 13.0. The number of nitrogens with zero attached hydrogens (tertiary/aromatic N) is 3. The van der Waals surface area contributed by atoms with E-state index in [1.165, 1.54) is 23.9 Å². The third-order valence-corrected chi connectivity index (χ3v) is 5.41. The normalized spacial score (nSPS) is 13.0. The average molecular weight is 418 g/mol. The van der Waals surface area contributed by atoms with Crippen molar-refractivity contribution in [1.29, 1.82) is 0 Å². The van der Waals surface area contributed by atoms with Crippen molar-refractivity contribution < 1.29 is 9.18 Å². The number of pyridine rings is 1. The van der Waals surface area contributed by atoms with Gasteiger partial charge < -0.3 is 5.32 Å². The van der Waals surface area contributed by atoms with E-state index < -0.39 is 0 Å². The van der Waals surface area contributed by atoms with Crippen LogP contribution in [0.25, 0.3) is 0 Å². The zero-order valence-corrected chi connectivity index (χ0v) is 16.9. The fourth-order valence-electron chi connectivity index (χ4n) is 2.92. The first kappa shape index (κ1) is 20.0. The van der Waals surface area contributed by atoms with Gasteiger partial charge in [-0.15, -0.1) is 11.8 Å². The number of benzene rings is 2. The Kier molecular flexibility index (Phi) is 6.29. The van der Waals surface area contributed by atoms with Crippen LogP contribution in [0.4, 0.5) is 15.8 Å². The molecule has 5 nitrogen and oxygen atoms in total. The maximum atomic E-state index is 13.0. The van der Waals surface area contributed by atoms with E-state index in [1.54, 1.807) is 18.3 Å². The minimum Gasteiger partial charge on any atom is -0.351 e. The predicted octanol–water partition coefficient (Wildman–Crippen LogP) is 4.82. The SMILES string of the molecule is O=C(CSC1=Nc2ccccc2N=C(c2ccccn2)C1)NCc1ccc(F)cc1. The number of carbonyl (C=O) groups excluding carboxylic acids is 1. The first-order valence-corrected chi connectivity index (χ1v) is 10.5. The highest BCUT2D eigenvalue weighted by molar-refractivity contribution is 8.14.